The Labute approximate surface area is 126 Å². The molecule has 20 heavy (non-hydrogen) atoms. The van der Waals surface area contributed by atoms with Gasteiger partial charge >= 0.3 is 0 Å². The van der Waals surface area contributed by atoms with E-state index in [0.717, 1.165) is 18.4 Å². The summed E-state index contributed by atoms with van der Waals surface area (Å²) in [5.41, 5.74) is 1.08. The third-order valence-electron chi connectivity index (χ3n) is 3.17. The van der Waals surface area contributed by atoms with E-state index in [2.05, 4.69) is 21.2 Å². The number of hydrogen-bond donors (Lipinski definition) is 1. The lowest BCUT2D eigenvalue weighted by molar-refractivity contribution is 0.576. The molecule has 4 heteroatoms. The van der Waals surface area contributed by atoms with Crippen molar-refractivity contribution in [2.45, 2.75) is 25.8 Å². The summed E-state index contributed by atoms with van der Waals surface area (Å²) in [5, 5.41) is 2.97. The Morgan fingerprint density at radius 1 is 1.10 bits per heavy atom. The Hall–Kier alpha value is -1.42. The maximum Gasteiger partial charge on any atom is 0.150 e. The van der Waals surface area contributed by atoms with Gasteiger partial charge in [0.15, 0.2) is 0 Å². The Morgan fingerprint density at radius 2 is 1.70 bits per heavy atom. The number of nitrogens with one attached hydrogen (secondary N) is 1. The van der Waals surface area contributed by atoms with Crippen molar-refractivity contribution in [2.75, 3.05) is 5.32 Å². The summed E-state index contributed by atoms with van der Waals surface area (Å²) in [6.45, 7) is 2.00. The Morgan fingerprint density at radius 3 is 2.25 bits per heavy atom. The van der Waals surface area contributed by atoms with Gasteiger partial charge in [-0.2, -0.15) is 0 Å². The van der Waals surface area contributed by atoms with Crippen LogP contribution in [-0.4, -0.2) is 6.04 Å². The maximum atomic E-state index is 13.8. The fourth-order valence-electron chi connectivity index (χ4n) is 2.08. The predicted octanol–water partition coefficient (Wildman–Crippen LogP) is 5.16. The lowest BCUT2D eigenvalue weighted by Crippen LogP contribution is -2.22. The number of rotatable bonds is 5. The molecule has 0 radical (unpaired) electrons. The van der Waals surface area contributed by atoms with Crippen molar-refractivity contribution in [1.29, 1.82) is 0 Å². The minimum absolute atomic E-state index is 0.0115. The van der Waals surface area contributed by atoms with Gasteiger partial charge in [-0.3, -0.25) is 0 Å². The van der Waals surface area contributed by atoms with Crippen LogP contribution in [0.15, 0.2) is 46.9 Å². The zero-order chi connectivity index (χ0) is 14.5. The monoisotopic (exact) mass is 339 g/mol. The summed E-state index contributed by atoms with van der Waals surface area (Å²) in [6, 6.07) is 12.4. The van der Waals surface area contributed by atoms with Crippen molar-refractivity contribution in [3.05, 3.63) is 64.1 Å². The van der Waals surface area contributed by atoms with E-state index in [0.29, 0.717) is 4.47 Å². The highest BCUT2D eigenvalue weighted by Gasteiger charge is 2.15. The van der Waals surface area contributed by atoms with Crippen molar-refractivity contribution in [3.63, 3.8) is 0 Å². The molecule has 2 aromatic carbocycles. The van der Waals surface area contributed by atoms with Gasteiger partial charge in [0, 0.05) is 10.5 Å². The summed E-state index contributed by atoms with van der Waals surface area (Å²) in [7, 11) is 0. The molecule has 0 aliphatic heterocycles. The molecule has 0 heterocycles. The molecule has 0 aromatic heterocycles. The van der Waals surface area contributed by atoms with Crippen LogP contribution in [0.5, 0.6) is 0 Å². The van der Waals surface area contributed by atoms with Gasteiger partial charge in [-0.1, -0.05) is 53.2 Å². The van der Waals surface area contributed by atoms with E-state index in [1.54, 1.807) is 0 Å². The second kappa shape index (κ2) is 6.84. The summed E-state index contributed by atoms with van der Waals surface area (Å²) in [6.07, 6.45) is 1.51. The van der Waals surface area contributed by atoms with E-state index >= 15 is 0 Å². The van der Waals surface area contributed by atoms with E-state index in [1.165, 1.54) is 12.1 Å². The predicted molar refractivity (Wildman–Crippen MR) is 81.9 cm³/mol. The van der Waals surface area contributed by atoms with Crippen LogP contribution in [0.2, 0.25) is 0 Å². The van der Waals surface area contributed by atoms with Gasteiger partial charge in [-0.05, 0) is 30.5 Å². The zero-order valence-corrected chi connectivity index (χ0v) is 12.8. The Bertz CT molecular complexity index is 549. The quantitative estimate of drug-likeness (QED) is 0.793. The smallest absolute Gasteiger partial charge is 0.150 e. The van der Waals surface area contributed by atoms with Gasteiger partial charge in [0.25, 0.3) is 0 Å². The van der Waals surface area contributed by atoms with Gasteiger partial charge < -0.3 is 5.32 Å². The number of halogens is 3. The SMILES string of the molecule is CCC(Cc1ccccc1)Nc1c(F)cc(Br)cc1F. The van der Waals surface area contributed by atoms with Crippen LogP contribution in [0.4, 0.5) is 14.5 Å². The Kier molecular flexibility index (Phi) is 5.12. The van der Waals surface area contributed by atoms with Crippen molar-refractivity contribution < 1.29 is 8.78 Å². The van der Waals surface area contributed by atoms with E-state index in [4.69, 9.17) is 0 Å². The third kappa shape index (κ3) is 3.79. The molecule has 0 saturated heterocycles. The topological polar surface area (TPSA) is 12.0 Å². The van der Waals surface area contributed by atoms with E-state index in [-0.39, 0.29) is 11.7 Å². The van der Waals surface area contributed by atoms with Gasteiger partial charge in [-0.25, -0.2) is 8.78 Å². The van der Waals surface area contributed by atoms with Crippen LogP contribution in [0, 0.1) is 11.6 Å². The van der Waals surface area contributed by atoms with E-state index in [9.17, 15) is 8.78 Å². The largest absolute Gasteiger partial charge is 0.377 e. The standard InChI is InChI=1S/C16H16BrF2N/c1-2-13(8-11-6-4-3-5-7-11)20-16-14(18)9-12(17)10-15(16)19/h3-7,9-10,13,20H,2,8H2,1H3. The number of anilines is 1. The van der Waals surface area contributed by atoms with Crippen LogP contribution < -0.4 is 5.32 Å². The first kappa shape index (κ1) is 15.0. The molecule has 0 saturated carbocycles. The van der Waals surface area contributed by atoms with Gasteiger partial charge in [0.1, 0.15) is 17.3 Å². The minimum atomic E-state index is -0.580. The molecular weight excluding hydrogens is 324 g/mol. The normalized spacial score (nSPS) is 12.2. The van der Waals surface area contributed by atoms with Crippen LogP contribution in [0.3, 0.4) is 0 Å². The average Bonchev–Trinajstić information content (AvgIpc) is 2.42. The maximum absolute atomic E-state index is 13.8. The van der Waals surface area contributed by atoms with E-state index < -0.39 is 11.6 Å². The van der Waals surface area contributed by atoms with Gasteiger partial charge in [0.2, 0.25) is 0 Å². The fourth-order valence-corrected chi connectivity index (χ4v) is 2.48. The second-order valence-electron chi connectivity index (χ2n) is 4.68. The van der Waals surface area contributed by atoms with Gasteiger partial charge in [0.05, 0.1) is 0 Å². The fraction of sp³-hybridized carbons (Fsp3) is 0.250. The summed E-state index contributed by atoms with van der Waals surface area (Å²) < 4.78 is 28.0. The van der Waals surface area contributed by atoms with Crippen LogP contribution >= 0.6 is 15.9 Å². The average molecular weight is 340 g/mol. The zero-order valence-electron chi connectivity index (χ0n) is 11.2. The number of hydrogen-bond acceptors (Lipinski definition) is 1. The molecule has 0 bridgehead atoms. The summed E-state index contributed by atoms with van der Waals surface area (Å²) >= 11 is 3.08. The minimum Gasteiger partial charge on any atom is -0.377 e. The Balaban J connectivity index is 2.15. The first-order valence-electron chi connectivity index (χ1n) is 6.55. The van der Waals surface area contributed by atoms with Crippen molar-refractivity contribution in [3.8, 4) is 0 Å². The lowest BCUT2D eigenvalue weighted by atomic mass is 10.0. The van der Waals surface area contributed by atoms with Crippen LogP contribution in [0.25, 0.3) is 0 Å². The molecule has 2 rings (SSSR count). The molecule has 1 unspecified atom stereocenters. The summed E-state index contributed by atoms with van der Waals surface area (Å²) in [4.78, 5) is 0. The molecule has 1 atom stereocenters. The molecule has 1 nitrogen and oxygen atoms in total. The molecular formula is C16H16BrF2N. The number of benzene rings is 2. The molecule has 0 fully saturated rings. The van der Waals surface area contributed by atoms with Crippen molar-refractivity contribution in [1.82, 2.24) is 0 Å². The van der Waals surface area contributed by atoms with Crippen molar-refractivity contribution in [2.24, 2.45) is 0 Å². The van der Waals surface area contributed by atoms with Crippen molar-refractivity contribution >= 4 is 21.6 Å². The molecule has 0 aliphatic carbocycles. The second-order valence-corrected chi connectivity index (χ2v) is 5.60. The first-order valence-corrected chi connectivity index (χ1v) is 7.34. The van der Waals surface area contributed by atoms with Crippen LogP contribution in [0.1, 0.15) is 18.9 Å². The molecule has 106 valence electrons. The van der Waals surface area contributed by atoms with E-state index in [1.807, 2.05) is 37.3 Å². The lowest BCUT2D eigenvalue weighted by Gasteiger charge is -2.19. The first-order chi connectivity index (χ1) is 9.60. The molecule has 0 spiro atoms. The highest BCUT2D eigenvalue weighted by Crippen LogP contribution is 2.25. The molecule has 1 N–H and O–H groups in total. The molecule has 0 amide bonds. The highest BCUT2D eigenvalue weighted by molar-refractivity contribution is 9.10. The summed E-state index contributed by atoms with van der Waals surface area (Å²) in [5.74, 6) is -1.16. The van der Waals surface area contributed by atoms with Crippen LogP contribution in [-0.2, 0) is 6.42 Å². The van der Waals surface area contributed by atoms with Gasteiger partial charge in [-0.15, -0.1) is 0 Å². The molecule has 2 aromatic rings. The third-order valence-corrected chi connectivity index (χ3v) is 3.63. The highest BCUT2D eigenvalue weighted by atomic mass is 79.9. The molecule has 0 aliphatic rings.